The van der Waals surface area contributed by atoms with E-state index in [0.29, 0.717) is 0 Å². The second-order valence-corrected chi connectivity index (χ2v) is 5.62. The Labute approximate surface area is 127 Å². The van der Waals surface area contributed by atoms with E-state index in [1.807, 2.05) is 6.07 Å². The molecule has 1 heteroatoms. The van der Waals surface area contributed by atoms with Crippen LogP contribution in [-0.2, 0) is 0 Å². The minimum absolute atomic E-state index is 0.0676. The molecule has 0 aliphatic carbocycles. The largest absolute Gasteiger partial charge is 0.481 e. The molecule has 3 rings (SSSR count). The Hall–Kier alpha value is -2.02. The van der Waals surface area contributed by atoms with Crippen molar-refractivity contribution in [2.24, 2.45) is 0 Å². The Morgan fingerprint density at radius 2 is 1.67 bits per heavy atom. The summed E-state index contributed by atoms with van der Waals surface area (Å²) in [5.41, 5.74) is 3.85. The normalized spacial score (nSPS) is 16.8. The van der Waals surface area contributed by atoms with Crippen LogP contribution in [0.3, 0.4) is 0 Å². The third kappa shape index (κ3) is 3.18. The molecule has 1 nitrogen and oxygen atoms in total. The molecule has 0 aromatic heterocycles. The number of para-hydroxylation sites is 1. The van der Waals surface area contributed by atoms with Crippen molar-refractivity contribution in [3.05, 3.63) is 71.3 Å². The maximum atomic E-state index is 6.29. The molecule has 108 valence electrons. The molecular formula is C20H22O. The van der Waals surface area contributed by atoms with Gasteiger partial charge in [-0.15, -0.1) is 0 Å². The predicted molar refractivity (Wildman–Crippen MR) is 88.4 cm³/mol. The van der Waals surface area contributed by atoms with Crippen molar-refractivity contribution < 1.29 is 4.74 Å². The Morgan fingerprint density at radius 3 is 2.48 bits per heavy atom. The molecule has 0 fully saturated rings. The molecular weight excluding hydrogens is 256 g/mol. The average Bonchev–Trinajstić information content (AvgIpc) is 2.55. The van der Waals surface area contributed by atoms with Gasteiger partial charge in [0.05, 0.1) is 0 Å². The lowest BCUT2D eigenvalue weighted by Crippen LogP contribution is -2.14. The van der Waals surface area contributed by atoms with Crippen LogP contribution in [0.4, 0.5) is 0 Å². The number of hydrogen-bond donors (Lipinski definition) is 0. The van der Waals surface area contributed by atoms with E-state index in [1.165, 1.54) is 36.0 Å². The summed E-state index contributed by atoms with van der Waals surface area (Å²) in [6.45, 7) is 2.25. The van der Waals surface area contributed by atoms with Gasteiger partial charge in [0, 0.05) is 5.56 Å². The molecule has 1 unspecified atom stereocenters. The first-order valence-corrected chi connectivity index (χ1v) is 7.89. The first-order chi connectivity index (χ1) is 10.4. The number of rotatable bonds is 5. The van der Waals surface area contributed by atoms with Crippen LogP contribution >= 0.6 is 0 Å². The van der Waals surface area contributed by atoms with E-state index in [4.69, 9.17) is 4.74 Å². The summed E-state index contributed by atoms with van der Waals surface area (Å²) in [4.78, 5) is 0. The summed E-state index contributed by atoms with van der Waals surface area (Å²) in [6, 6.07) is 18.9. The Morgan fingerprint density at radius 1 is 0.905 bits per heavy atom. The van der Waals surface area contributed by atoms with Crippen molar-refractivity contribution in [2.45, 2.75) is 38.7 Å². The minimum atomic E-state index is 0.0676. The lowest BCUT2D eigenvalue weighted by Gasteiger charge is -2.28. The second kappa shape index (κ2) is 6.62. The van der Waals surface area contributed by atoms with Crippen molar-refractivity contribution in [1.29, 1.82) is 0 Å². The van der Waals surface area contributed by atoms with Crippen molar-refractivity contribution in [2.75, 3.05) is 0 Å². The highest BCUT2D eigenvalue weighted by atomic mass is 16.5. The molecule has 21 heavy (non-hydrogen) atoms. The monoisotopic (exact) mass is 278 g/mol. The van der Waals surface area contributed by atoms with E-state index in [2.05, 4.69) is 61.5 Å². The molecule has 0 bridgehead atoms. The van der Waals surface area contributed by atoms with Crippen LogP contribution in [0, 0.1) is 0 Å². The molecule has 1 aliphatic heterocycles. The van der Waals surface area contributed by atoms with Crippen LogP contribution in [-0.4, -0.2) is 0 Å². The zero-order valence-corrected chi connectivity index (χ0v) is 12.6. The van der Waals surface area contributed by atoms with Gasteiger partial charge in [-0.3, -0.25) is 0 Å². The first kappa shape index (κ1) is 13.9. The Bertz CT molecular complexity index is 613. The molecule has 0 saturated heterocycles. The summed E-state index contributed by atoms with van der Waals surface area (Å²) in [6.07, 6.45) is 7.27. The number of ether oxygens (including phenoxy) is 1. The summed E-state index contributed by atoms with van der Waals surface area (Å²) in [5.74, 6) is 0.991. The van der Waals surface area contributed by atoms with Gasteiger partial charge in [-0.25, -0.2) is 0 Å². The van der Waals surface area contributed by atoms with Gasteiger partial charge in [-0.1, -0.05) is 68.3 Å². The van der Waals surface area contributed by atoms with Crippen LogP contribution in [0.25, 0.3) is 6.08 Å². The van der Waals surface area contributed by atoms with Gasteiger partial charge in [0.25, 0.3) is 0 Å². The fourth-order valence-corrected chi connectivity index (χ4v) is 2.88. The van der Waals surface area contributed by atoms with E-state index in [0.717, 1.165) is 12.2 Å². The highest BCUT2D eigenvalue weighted by molar-refractivity contribution is 5.63. The lowest BCUT2D eigenvalue weighted by molar-refractivity contribution is 0.233. The maximum Gasteiger partial charge on any atom is 0.145 e. The van der Waals surface area contributed by atoms with E-state index in [1.54, 1.807) is 0 Å². The van der Waals surface area contributed by atoms with Gasteiger partial charge < -0.3 is 4.74 Å². The molecule has 0 spiro atoms. The van der Waals surface area contributed by atoms with Gasteiger partial charge in [-0.05, 0) is 36.1 Å². The molecule has 2 aromatic rings. The molecule has 1 atom stereocenters. The average molecular weight is 278 g/mol. The molecule has 0 radical (unpaired) electrons. The maximum absolute atomic E-state index is 6.29. The first-order valence-electron chi connectivity index (χ1n) is 7.89. The zero-order chi connectivity index (χ0) is 14.5. The fraction of sp³-hybridized carbons (Fsp3) is 0.300. The molecule has 0 saturated carbocycles. The topological polar surface area (TPSA) is 9.23 Å². The molecule has 2 aromatic carbocycles. The van der Waals surface area contributed by atoms with Crippen LogP contribution in [0.15, 0.2) is 60.2 Å². The summed E-state index contributed by atoms with van der Waals surface area (Å²) in [5, 5.41) is 0. The van der Waals surface area contributed by atoms with E-state index < -0.39 is 0 Å². The number of hydrogen-bond acceptors (Lipinski definition) is 1. The standard InChI is InChI=1S/C20H22O/c1-2-3-5-13-18-15-17-12-8-9-14-19(17)21-20(18)16-10-6-4-7-11-16/h4,6-12,14-15,20H,2-3,5,13H2,1H3. The fourth-order valence-electron chi connectivity index (χ4n) is 2.88. The number of unbranched alkanes of at least 4 members (excludes halogenated alkanes) is 2. The lowest BCUT2D eigenvalue weighted by atomic mass is 9.92. The highest BCUT2D eigenvalue weighted by Crippen LogP contribution is 2.39. The molecule has 0 amide bonds. The van der Waals surface area contributed by atoms with Crippen LogP contribution < -0.4 is 4.74 Å². The second-order valence-electron chi connectivity index (χ2n) is 5.62. The number of fused-ring (bicyclic) bond motifs is 1. The third-order valence-corrected chi connectivity index (χ3v) is 4.01. The highest BCUT2D eigenvalue weighted by Gasteiger charge is 2.23. The summed E-state index contributed by atoms with van der Waals surface area (Å²) in [7, 11) is 0. The number of benzene rings is 2. The van der Waals surface area contributed by atoms with Crippen LogP contribution in [0.5, 0.6) is 5.75 Å². The van der Waals surface area contributed by atoms with Crippen LogP contribution in [0.2, 0.25) is 0 Å². The predicted octanol–water partition coefficient (Wildman–Crippen LogP) is 5.78. The SMILES string of the molecule is CCCCCC1=Cc2ccccc2OC1c1ccccc1. The quantitative estimate of drug-likeness (QED) is 0.629. The van der Waals surface area contributed by atoms with Gasteiger partial charge in [0.2, 0.25) is 0 Å². The van der Waals surface area contributed by atoms with E-state index >= 15 is 0 Å². The zero-order valence-electron chi connectivity index (χ0n) is 12.6. The Balaban J connectivity index is 1.91. The van der Waals surface area contributed by atoms with Gasteiger partial charge in [0.1, 0.15) is 11.9 Å². The van der Waals surface area contributed by atoms with E-state index in [9.17, 15) is 0 Å². The van der Waals surface area contributed by atoms with Crippen LogP contribution in [0.1, 0.15) is 49.8 Å². The summed E-state index contributed by atoms with van der Waals surface area (Å²) >= 11 is 0. The Kier molecular flexibility index (Phi) is 4.40. The van der Waals surface area contributed by atoms with Crippen molar-refractivity contribution in [3.8, 4) is 5.75 Å². The van der Waals surface area contributed by atoms with Crippen molar-refractivity contribution in [3.63, 3.8) is 0 Å². The van der Waals surface area contributed by atoms with E-state index in [-0.39, 0.29) is 6.10 Å². The molecule has 1 heterocycles. The van der Waals surface area contributed by atoms with Crippen molar-refractivity contribution in [1.82, 2.24) is 0 Å². The molecule has 1 aliphatic rings. The van der Waals surface area contributed by atoms with Gasteiger partial charge >= 0.3 is 0 Å². The summed E-state index contributed by atoms with van der Waals surface area (Å²) < 4.78 is 6.29. The van der Waals surface area contributed by atoms with Gasteiger partial charge in [-0.2, -0.15) is 0 Å². The van der Waals surface area contributed by atoms with Crippen molar-refractivity contribution >= 4 is 6.08 Å². The minimum Gasteiger partial charge on any atom is -0.481 e. The smallest absolute Gasteiger partial charge is 0.145 e. The third-order valence-electron chi connectivity index (χ3n) is 4.01. The molecule has 0 N–H and O–H groups in total. The van der Waals surface area contributed by atoms with Gasteiger partial charge in [0.15, 0.2) is 0 Å².